The quantitative estimate of drug-likeness (QED) is 0.510. The first-order chi connectivity index (χ1) is 15.5. The van der Waals surface area contributed by atoms with Gasteiger partial charge < -0.3 is 19.9 Å². The number of likely N-dealkylation sites (N-methyl/N-ethyl adjacent to an activating group) is 1. The van der Waals surface area contributed by atoms with Crippen LogP contribution in [0.4, 0.5) is 10.1 Å². The summed E-state index contributed by atoms with van der Waals surface area (Å²) in [6.07, 6.45) is 3.33. The largest absolute Gasteiger partial charge is 0.478 e. The summed E-state index contributed by atoms with van der Waals surface area (Å²) in [6.45, 7) is 4.09. The van der Waals surface area contributed by atoms with E-state index in [1.54, 1.807) is 12.4 Å². The van der Waals surface area contributed by atoms with E-state index < -0.39 is 11.8 Å². The third-order valence-corrected chi connectivity index (χ3v) is 5.92. The van der Waals surface area contributed by atoms with Gasteiger partial charge >= 0.3 is 5.97 Å². The van der Waals surface area contributed by atoms with Gasteiger partial charge in [0.1, 0.15) is 11.3 Å². The third-order valence-electron chi connectivity index (χ3n) is 5.92. The van der Waals surface area contributed by atoms with Crippen molar-refractivity contribution in [2.45, 2.75) is 0 Å². The number of nitrogens with one attached hydrogen (secondary N) is 1. The van der Waals surface area contributed by atoms with Gasteiger partial charge in [-0.2, -0.15) is 0 Å². The summed E-state index contributed by atoms with van der Waals surface area (Å²) in [4.78, 5) is 28.0. The summed E-state index contributed by atoms with van der Waals surface area (Å²) in [5, 5.41) is 9.08. The molecule has 2 aromatic carbocycles. The SMILES string of the molecule is CN1CCN(c2ccc(-c3cnc4[nH]cc(-c5ccc(C(=O)O)cc5F)c4n3)cc2)CC1. The molecule has 1 aliphatic rings. The number of H-pyrrole nitrogens is 1. The molecule has 0 aliphatic carbocycles. The van der Waals surface area contributed by atoms with Crippen LogP contribution >= 0.6 is 0 Å². The van der Waals surface area contributed by atoms with Gasteiger partial charge in [0.25, 0.3) is 0 Å². The number of fused-ring (bicyclic) bond motifs is 1. The Hall–Kier alpha value is -3.78. The Morgan fingerprint density at radius 1 is 1.06 bits per heavy atom. The normalized spacial score (nSPS) is 14.8. The molecule has 0 unspecified atom stereocenters. The van der Waals surface area contributed by atoms with Gasteiger partial charge in [-0.3, -0.25) is 0 Å². The molecular formula is C24H22FN5O2. The first-order valence-corrected chi connectivity index (χ1v) is 10.4. The monoisotopic (exact) mass is 431 g/mol. The van der Waals surface area contributed by atoms with Crippen molar-refractivity contribution in [1.82, 2.24) is 19.9 Å². The Kier molecular flexibility index (Phi) is 5.07. The number of aromatic amines is 1. The number of hydrogen-bond acceptors (Lipinski definition) is 5. The molecule has 7 nitrogen and oxygen atoms in total. The van der Waals surface area contributed by atoms with Crippen LogP contribution in [0.2, 0.25) is 0 Å². The maximum Gasteiger partial charge on any atom is 0.335 e. The number of carboxylic acid groups (broad SMARTS) is 1. The highest BCUT2D eigenvalue weighted by Crippen LogP contribution is 2.31. The van der Waals surface area contributed by atoms with Crippen molar-refractivity contribution < 1.29 is 14.3 Å². The molecule has 0 saturated carbocycles. The zero-order chi connectivity index (χ0) is 22.2. The number of benzene rings is 2. The number of piperazine rings is 1. The predicted molar refractivity (Wildman–Crippen MR) is 121 cm³/mol. The van der Waals surface area contributed by atoms with E-state index in [0.29, 0.717) is 22.4 Å². The van der Waals surface area contributed by atoms with Gasteiger partial charge in [-0.25, -0.2) is 19.2 Å². The molecule has 0 spiro atoms. The Balaban J connectivity index is 1.47. The fraction of sp³-hybridized carbons (Fsp3) is 0.208. The number of aromatic carboxylic acids is 1. The number of aromatic nitrogens is 3. The molecule has 162 valence electrons. The highest BCUT2D eigenvalue weighted by molar-refractivity contribution is 5.93. The molecule has 5 rings (SSSR count). The van der Waals surface area contributed by atoms with E-state index in [2.05, 4.69) is 38.9 Å². The molecular weight excluding hydrogens is 409 g/mol. The smallest absolute Gasteiger partial charge is 0.335 e. The fourth-order valence-electron chi connectivity index (χ4n) is 4.01. The highest BCUT2D eigenvalue weighted by atomic mass is 19.1. The summed E-state index contributed by atoms with van der Waals surface area (Å²) >= 11 is 0. The minimum absolute atomic E-state index is 0.0988. The van der Waals surface area contributed by atoms with Gasteiger partial charge in [0.05, 0.1) is 17.5 Å². The Bertz CT molecular complexity index is 1290. The number of nitrogens with zero attached hydrogens (tertiary/aromatic N) is 4. The number of rotatable bonds is 4. The lowest BCUT2D eigenvalue weighted by Crippen LogP contribution is -2.44. The summed E-state index contributed by atoms with van der Waals surface area (Å²) in [6, 6.07) is 12.1. The van der Waals surface area contributed by atoms with Crippen LogP contribution in [0.5, 0.6) is 0 Å². The number of anilines is 1. The van der Waals surface area contributed by atoms with Crippen molar-refractivity contribution in [1.29, 1.82) is 0 Å². The van der Waals surface area contributed by atoms with Crippen molar-refractivity contribution in [3.8, 4) is 22.4 Å². The van der Waals surface area contributed by atoms with E-state index in [9.17, 15) is 9.18 Å². The van der Waals surface area contributed by atoms with Crippen LogP contribution in [0.25, 0.3) is 33.5 Å². The van der Waals surface area contributed by atoms with Crippen LogP contribution < -0.4 is 4.90 Å². The second-order valence-corrected chi connectivity index (χ2v) is 7.99. The molecule has 0 bridgehead atoms. The van der Waals surface area contributed by atoms with Gasteiger partial charge in [-0.1, -0.05) is 18.2 Å². The first-order valence-electron chi connectivity index (χ1n) is 10.4. The number of carbonyl (C=O) groups is 1. The standard InChI is InChI=1S/C24H22FN5O2/c1-29-8-10-30(11-9-29)17-5-2-15(3-6-17)21-14-27-23-22(28-21)19(13-26-23)18-7-4-16(24(31)32)12-20(18)25/h2-7,12-14H,8-11H2,1H3,(H,26,27)(H,31,32). The number of halogens is 1. The average molecular weight is 431 g/mol. The van der Waals surface area contributed by atoms with E-state index in [-0.39, 0.29) is 11.1 Å². The van der Waals surface area contributed by atoms with Crippen molar-refractivity contribution in [2.24, 2.45) is 0 Å². The molecule has 8 heteroatoms. The van der Waals surface area contributed by atoms with Crippen molar-refractivity contribution >= 4 is 22.8 Å². The van der Waals surface area contributed by atoms with Gasteiger partial charge in [0.2, 0.25) is 0 Å². The molecule has 1 saturated heterocycles. The summed E-state index contributed by atoms with van der Waals surface area (Å²) in [7, 11) is 2.14. The average Bonchev–Trinajstić information content (AvgIpc) is 3.22. The van der Waals surface area contributed by atoms with E-state index in [0.717, 1.165) is 37.8 Å². The minimum Gasteiger partial charge on any atom is -0.478 e. The molecule has 2 N–H and O–H groups in total. The summed E-state index contributed by atoms with van der Waals surface area (Å²) in [5.41, 5.74) is 4.58. The summed E-state index contributed by atoms with van der Waals surface area (Å²) in [5.74, 6) is -1.79. The zero-order valence-electron chi connectivity index (χ0n) is 17.5. The topological polar surface area (TPSA) is 85.3 Å². The maximum atomic E-state index is 14.6. The van der Waals surface area contributed by atoms with Crippen LogP contribution in [-0.4, -0.2) is 64.2 Å². The van der Waals surface area contributed by atoms with E-state index in [4.69, 9.17) is 10.1 Å². The van der Waals surface area contributed by atoms with Gasteiger partial charge in [0.15, 0.2) is 5.65 Å². The van der Waals surface area contributed by atoms with Gasteiger partial charge in [-0.15, -0.1) is 0 Å². The molecule has 3 heterocycles. The van der Waals surface area contributed by atoms with Gasteiger partial charge in [0, 0.05) is 54.8 Å². The lowest BCUT2D eigenvalue weighted by Gasteiger charge is -2.34. The second-order valence-electron chi connectivity index (χ2n) is 7.99. The van der Waals surface area contributed by atoms with Crippen LogP contribution in [0.15, 0.2) is 54.9 Å². The lowest BCUT2D eigenvalue weighted by atomic mass is 10.0. The maximum absolute atomic E-state index is 14.6. The Morgan fingerprint density at radius 3 is 2.50 bits per heavy atom. The minimum atomic E-state index is -1.17. The molecule has 1 aliphatic heterocycles. The third kappa shape index (κ3) is 3.69. The number of hydrogen-bond donors (Lipinski definition) is 2. The summed E-state index contributed by atoms with van der Waals surface area (Å²) < 4.78 is 14.6. The first kappa shape index (κ1) is 20.1. The molecule has 0 amide bonds. The van der Waals surface area contributed by atoms with Crippen molar-refractivity contribution in [2.75, 3.05) is 38.1 Å². The number of carboxylic acids is 1. The molecule has 4 aromatic rings. The van der Waals surface area contributed by atoms with E-state index in [1.807, 2.05) is 12.1 Å². The van der Waals surface area contributed by atoms with Gasteiger partial charge in [-0.05, 0) is 31.3 Å². The fourth-order valence-corrected chi connectivity index (χ4v) is 4.01. The molecule has 0 atom stereocenters. The lowest BCUT2D eigenvalue weighted by molar-refractivity contribution is 0.0696. The van der Waals surface area contributed by atoms with Crippen LogP contribution in [0.1, 0.15) is 10.4 Å². The van der Waals surface area contributed by atoms with Crippen LogP contribution in [-0.2, 0) is 0 Å². The molecule has 1 fully saturated rings. The van der Waals surface area contributed by atoms with E-state index >= 15 is 0 Å². The predicted octanol–water partition coefficient (Wildman–Crippen LogP) is 3.88. The molecule has 32 heavy (non-hydrogen) atoms. The second kappa shape index (κ2) is 8.05. The Labute approximate surface area is 184 Å². The molecule has 0 radical (unpaired) electrons. The van der Waals surface area contributed by atoms with Crippen LogP contribution in [0, 0.1) is 5.82 Å². The van der Waals surface area contributed by atoms with Crippen LogP contribution in [0.3, 0.4) is 0 Å². The van der Waals surface area contributed by atoms with Crippen molar-refractivity contribution in [3.05, 3.63) is 66.2 Å². The Morgan fingerprint density at radius 2 is 1.81 bits per heavy atom. The van der Waals surface area contributed by atoms with E-state index in [1.165, 1.54) is 17.8 Å². The highest BCUT2D eigenvalue weighted by Gasteiger charge is 2.17. The zero-order valence-corrected chi connectivity index (χ0v) is 17.5. The molecule has 2 aromatic heterocycles. The van der Waals surface area contributed by atoms with Crippen molar-refractivity contribution in [3.63, 3.8) is 0 Å².